The number of unbranched alkanes of at least 4 members (excludes halogenated alkanes) is 1. The quantitative estimate of drug-likeness (QED) is 0.283. The van der Waals surface area contributed by atoms with Crippen molar-refractivity contribution in [1.29, 1.82) is 0 Å². The Labute approximate surface area is 218 Å². The van der Waals surface area contributed by atoms with E-state index < -0.39 is 6.04 Å². The molecule has 0 bridgehead atoms. The third kappa shape index (κ3) is 8.41. The SMILES string of the molecule is CCCCNC(=O)[C@H](Cc1ccccc1)N(Cc1cccc(Cl)c1)C(=O)CCc1ccccc1Cl. The first-order chi connectivity index (χ1) is 17.0. The van der Waals surface area contributed by atoms with Gasteiger partial charge < -0.3 is 10.2 Å². The number of hydrogen-bond donors (Lipinski definition) is 1. The van der Waals surface area contributed by atoms with Gasteiger partial charge in [0.15, 0.2) is 0 Å². The Morgan fingerprint density at radius 2 is 1.63 bits per heavy atom. The summed E-state index contributed by atoms with van der Waals surface area (Å²) in [6.07, 6.45) is 3.04. The third-order valence-electron chi connectivity index (χ3n) is 5.91. The molecule has 0 radical (unpaired) electrons. The molecule has 1 N–H and O–H groups in total. The number of carbonyl (C=O) groups is 2. The summed E-state index contributed by atoms with van der Waals surface area (Å²) in [5.41, 5.74) is 2.79. The van der Waals surface area contributed by atoms with Gasteiger partial charge in [-0.1, -0.05) is 97.2 Å². The highest BCUT2D eigenvalue weighted by atomic mass is 35.5. The van der Waals surface area contributed by atoms with Crippen molar-refractivity contribution in [1.82, 2.24) is 10.2 Å². The van der Waals surface area contributed by atoms with Gasteiger partial charge >= 0.3 is 0 Å². The zero-order valence-electron chi connectivity index (χ0n) is 20.1. The zero-order valence-corrected chi connectivity index (χ0v) is 21.6. The van der Waals surface area contributed by atoms with Crippen LogP contribution in [0, 0.1) is 0 Å². The highest BCUT2D eigenvalue weighted by Gasteiger charge is 2.30. The van der Waals surface area contributed by atoms with Crippen LogP contribution < -0.4 is 5.32 Å². The molecule has 3 aromatic carbocycles. The van der Waals surface area contributed by atoms with Crippen molar-refractivity contribution < 1.29 is 9.59 Å². The van der Waals surface area contributed by atoms with E-state index in [0.29, 0.717) is 36.0 Å². The normalized spacial score (nSPS) is 11.6. The highest BCUT2D eigenvalue weighted by molar-refractivity contribution is 6.31. The van der Waals surface area contributed by atoms with E-state index in [-0.39, 0.29) is 18.2 Å². The topological polar surface area (TPSA) is 49.4 Å². The van der Waals surface area contributed by atoms with Crippen LogP contribution in [-0.2, 0) is 29.0 Å². The molecule has 0 spiro atoms. The summed E-state index contributed by atoms with van der Waals surface area (Å²) < 4.78 is 0. The number of benzene rings is 3. The molecule has 0 aliphatic carbocycles. The first-order valence-corrected chi connectivity index (χ1v) is 12.8. The zero-order chi connectivity index (χ0) is 25.0. The van der Waals surface area contributed by atoms with Crippen molar-refractivity contribution >= 4 is 35.0 Å². The first kappa shape index (κ1) is 26.8. The van der Waals surface area contributed by atoms with Gasteiger partial charge in [0.2, 0.25) is 11.8 Å². The van der Waals surface area contributed by atoms with E-state index in [1.165, 1.54) is 0 Å². The van der Waals surface area contributed by atoms with Crippen LogP contribution in [0.15, 0.2) is 78.9 Å². The molecular formula is C29H32Cl2N2O2. The molecule has 6 heteroatoms. The van der Waals surface area contributed by atoms with Crippen molar-refractivity contribution in [2.45, 2.75) is 51.6 Å². The average Bonchev–Trinajstić information content (AvgIpc) is 2.86. The van der Waals surface area contributed by atoms with Gasteiger partial charge in [-0.05, 0) is 47.7 Å². The summed E-state index contributed by atoms with van der Waals surface area (Å²) in [5.74, 6) is -0.244. The Hall–Kier alpha value is -2.82. The van der Waals surface area contributed by atoms with Crippen LogP contribution in [0.3, 0.4) is 0 Å². The number of nitrogens with zero attached hydrogens (tertiary/aromatic N) is 1. The van der Waals surface area contributed by atoms with Gasteiger partial charge in [-0.3, -0.25) is 9.59 Å². The minimum absolute atomic E-state index is 0.100. The van der Waals surface area contributed by atoms with Crippen molar-refractivity contribution in [2.24, 2.45) is 0 Å². The molecule has 0 aliphatic rings. The molecular weight excluding hydrogens is 479 g/mol. The lowest BCUT2D eigenvalue weighted by Gasteiger charge is -2.32. The molecule has 2 amide bonds. The van der Waals surface area contributed by atoms with Crippen molar-refractivity contribution in [3.05, 3.63) is 106 Å². The molecule has 0 heterocycles. The molecule has 0 fully saturated rings. The van der Waals surface area contributed by atoms with E-state index >= 15 is 0 Å². The minimum Gasteiger partial charge on any atom is -0.354 e. The van der Waals surface area contributed by atoms with E-state index in [1.54, 1.807) is 11.0 Å². The summed E-state index contributed by atoms with van der Waals surface area (Å²) in [5, 5.41) is 4.27. The van der Waals surface area contributed by atoms with Gasteiger partial charge in [0.05, 0.1) is 0 Å². The fourth-order valence-electron chi connectivity index (χ4n) is 3.98. The predicted octanol–water partition coefficient (Wildman–Crippen LogP) is 6.48. The number of rotatable bonds is 12. The average molecular weight is 511 g/mol. The van der Waals surface area contributed by atoms with E-state index in [9.17, 15) is 9.59 Å². The molecule has 1 atom stereocenters. The molecule has 0 aliphatic heterocycles. The van der Waals surface area contributed by atoms with E-state index in [0.717, 1.165) is 29.5 Å². The third-order valence-corrected chi connectivity index (χ3v) is 6.51. The van der Waals surface area contributed by atoms with Crippen LogP contribution in [0.5, 0.6) is 0 Å². The Balaban J connectivity index is 1.89. The lowest BCUT2D eigenvalue weighted by atomic mass is 10.0. The number of aryl methyl sites for hydroxylation is 1. The standard InChI is InChI=1S/C29H32Cl2N2O2/c1-2-3-18-32-29(35)27(20-22-10-5-4-6-11-22)33(21-23-12-9-14-25(30)19-23)28(34)17-16-24-13-7-8-15-26(24)31/h4-15,19,27H,2-3,16-18,20-21H2,1H3,(H,32,35)/t27-/m0/s1. The van der Waals surface area contributed by atoms with Crippen molar-refractivity contribution in [3.63, 3.8) is 0 Å². The number of amides is 2. The summed E-state index contributed by atoms with van der Waals surface area (Å²) in [6, 6.07) is 24.1. The van der Waals surface area contributed by atoms with Gasteiger partial charge in [-0.25, -0.2) is 0 Å². The fourth-order valence-corrected chi connectivity index (χ4v) is 4.42. The van der Waals surface area contributed by atoms with Gasteiger partial charge in [0, 0.05) is 36.0 Å². The Kier molecular flexibility index (Phi) is 10.6. The number of carbonyl (C=O) groups excluding carboxylic acids is 2. The largest absolute Gasteiger partial charge is 0.354 e. The Bertz CT molecular complexity index is 1100. The number of nitrogens with one attached hydrogen (secondary N) is 1. The molecule has 184 valence electrons. The van der Waals surface area contributed by atoms with E-state index in [2.05, 4.69) is 12.2 Å². The summed E-state index contributed by atoms with van der Waals surface area (Å²) in [6.45, 7) is 2.96. The maximum Gasteiger partial charge on any atom is 0.243 e. The minimum atomic E-state index is -0.646. The predicted molar refractivity (Wildman–Crippen MR) is 144 cm³/mol. The van der Waals surface area contributed by atoms with Crippen LogP contribution >= 0.6 is 23.2 Å². The van der Waals surface area contributed by atoms with Crippen LogP contribution in [0.2, 0.25) is 10.0 Å². The van der Waals surface area contributed by atoms with E-state index in [1.807, 2.05) is 72.8 Å². The summed E-state index contributed by atoms with van der Waals surface area (Å²) in [7, 11) is 0. The van der Waals surface area contributed by atoms with Gasteiger partial charge in [-0.2, -0.15) is 0 Å². The number of hydrogen-bond acceptors (Lipinski definition) is 2. The fraction of sp³-hybridized carbons (Fsp3) is 0.310. The van der Waals surface area contributed by atoms with Crippen LogP contribution in [-0.4, -0.2) is 29.3 Å². The smallest absolute Gasteiger partial charge is 0.243 e. The molecule has 4 nitrogen and oxygen atoms in total. The number of halogens is 2. The van der Waals surface area contributed by atoms with Crippen molar-refractivity contribution in [3.8, 4) is 0 Å². The lowest BCUT2D eigenvalue weighted by Crippen LogP contribution is -2.50. The lowest BCUT2D eigenvalue weighted by molar-refractivity contribution is -0.141. The van der Waals surface area contributed by atoms with Gasteiger partial charge in [0.25, 0.3) is 0 Å². The molecule has 35 heavy (non-hydrogen) atoms. The molecule has 0 unspecified atom stereocenters. The van der Waals surface area contributed by atoms with E-state index in [4.69, 9.17) is 23.2 Å². The monoisotopic (exact) mass is 510 g/mol. The van der Waals surface area contributed by atoms with Crippen LogP contribution in [0.1, 0.15) is 42.9 Å². The molecule has 0 saturated carbocycles. The van der Waals surface area contributed by atoms with Crippen molar-refractivity contribution in [2.75, 3.05) is 6.54 Å². The van der Waals surface area contributed by atoms with Crippen LogP contribution in [0.4, 0.5) is 0 Å². The molecule has 3 aromatic rings. The first-order valence-electron chi connectivity index (χ1n) is 12.1. The maximum atomic E-state index is 13.7. The van der Waals surface area contributed by atoms with Crippen LogP contribution in [0.25, 0.3) is 0 Å². The molecule has 0 aromatic heterocycles. The van der Waals surface area contributed by atoms with Gasteiger partial charge in [0.1, 0.15) is 6.04 Å². The second-order valence-electron chi connectivity index (χ2n) is 8.59. The molecule has 0 saturated heterocycles. The molecule has 3 rings (SSSR count). The highest BCUT2D eigenvalue weighted by Crippen LogP contribution is 2.21. The van der Waals surface area contributed by atoms with Gasteiger partial charge in [-0.15, -0.1) is 0 Å². The Morgan fingerprint density at radius 3 is 2.34 bits per heavy atom. The maximum absolute atomic E-state index is 13.7. The second-order valence-corrected chi connectivity index (χ2v) is 9.44. The summed E-state index contributed by atoms with van der Waals surface area (Å²) >= 11 is 12.5. The second kappa shape index (κ2) is 13.9. The summed E-state index contributed by atoms with van der Waals surface area (Å²) in [4.78, 5) is 28.7. The Morgan fingerprint density at radius 1 is 0.914 bits per heavy atom.